The molecule has 3 aliphatic rings. The predicted molar refractivity (Wildman–Crippen MR) is 83.0 cm³/mol. The summed E-state index contributed by atoms with van der Waals surface area (Å²) in [4.78, 5) is 2.84. The lowest BCUT2D eigenvalue weighted by molar-refractivity contribution is 0.0875. The summed E-state index contributed by atoms with van der Waals surface area (Å²) in [6, 6.07) is 0.886. The van der Waals surface area contributed by atoms with Crippen LogP contribution in [0.5, 0.6) is 0 Å². The Balaban J connectivity index is 1.61. The maximum absolute atomic E-state index is 5.76. The van der Waals surface area contributed by atoms with Crippen LogP contribution < -0.4 is 5.32 Å². The molecule has 0 aromatic heterocycles. The van der Waals surface area contributed by atoms with Crippen molar-refractivity contribution in [2.75, 3.05) is 39.4 Å². The SMILES string of the molecule is CCNCC1(CN2CCCC2C2CCCC2)CCOC1. The van der Waals surface area contributed by atoms with Gasteiger partial charge in [-0.3, -0.25) is 4.90 Å². The Morgan fingerprint density at radius 3 is 2.75 bits per heavy atom. The molecule has 20 heavy (non-hydrogen) atoms. The van der Waals surface area contributed by atoms with Crippen molar-refractivity contribution in [3.63, 3.8) is 0 Å². The molecule has 1 aliphatic carbocycles. The summed E-state index contributed by atoms with van der Waals surface area (Å²) in [5, 5.41) is 3.58. The lowest BCUT2D eigenvalue weighted by atomic mass is 9.85. The van der Waals surface area contributed by atoms with Crippen LogP contribution in [0.3, 0.4) is 0 Å². The van der Waals surface area contributed by atoms with E-state index < -0.39 is 0 Å². The number of hydrogen-bond donors (Lipinski definition) is 1. The molecule has 0 aromatic carbocycles. The molecule has 3 fully saturated rings. The van der Waals surface area contributed by atoms with Crippen LogP contribution in [0.1, 0.15) is 51.9 Å². The first-order chi connectivity index (χ1) is 9.83. The molecule has 1 saturated carbocycles. The molecule has 1 N–H and O–H groups in total. The number of rotatable bonds is 6. The molecule has 0 radical (unpaired) electrons. The third-order valence-electron chi connectivity index (χ3n) is 5.83. The van der Waals surface area contributed by atoms with Gasteiger partial charge in [0.25, 0.3) is 0 Å². The Morgan fingerprint density at radius 2 is 2.05 bits per heavy atom. The molecule has 3 heteroatoms. The minimum absolute atomic E-state index is 0.386. The van der Waals surface area contributed by atoms with Crippen molar-refractivity contribution in [3.8, 4) is 0 Å². The fraction of sp³-hybridized carbons (Fsp3) is 1.00. The van der Waals surface area contributed by atoms with Crippen LogP contribution in [-0.2, 0) is 4.74 Å². The highest BCUT2D eigenvalue weighted by atomic mass is 16.5. The number of nitrogens with zero attached hydrogens (tertiary/aromatic N) is 1. The molecule has 2 unspecified atom stereocenters. The zero-order valence-electron chi connectivity index (χ0n) is 13.2. The van der Waals surface area contributed by atoms with Crippen molar-refractivity contribution < 1.29 is 4.74 Å². The zero-order chi connectivity index (χ0) is 13.8. The van der Waals surface area contributed by atoms with Crippen LogP contribution in [-0.4, -0.2) is 50.3 Å². The second-order valence-electron chi connectivity index (χ2n) is 7.31. The normalized spacial score (nSPS) is 36.1. The van der Waals surface area contributed by atoms with Crippen molar-refractivity contribution in [1.29, 1.82) is 0 Å². The van der Waals surface area contributed by atoms with E-state index in [2.05, 4.69) is 17.1 Å². The van der Waals surface area contributed by atoms with E-state index in [0.29, 0.717) is 5.41 Å². The fourth-order valence-corrected chi connectivity index (χ4v) is 4.71. The molecule has 2 saturated heterocycles. The van der Waals surface area contributed by atoms with E-state index in [4.69, 9.17) is 4.74 Å². The molecule has 3 nitrogen and oxygen atoms in total. The highest BCUT2D eigenvalue weighted by Gasteiger charge is 2.41. The van der Waals surface area contributed by atoms with Gasteiger partial charge in [-0.2, -0.15) is 0 Å². The van der Waals surface area contributed by atoms with E-state index in [1.807, 2.05) is 0 Å². The standard InChI is InChI=1S/C17H32N2O/c1-2-18-12-17(9-11-20-14-17)13-19-10-5-8-16(19)15-6-3-4-7-15/h15-16,18H,2-14H2,1H3. The van der Waals surface area contributed by atoms with Crippen LogP contribution >= 0.6 is 0 Å². The van der Waals surface area contributed by atoms with Crippen LogP contribution in [0.25, 0.3) is 0 Å². The Labute approximate surface area is 124 Å². The first-order valence-corrected chi connectivity index (χ1v) is 8.85. The minimum Gasteiger partial charge on any atom is -0.381 e. The lowest BCUT2D eigenvalue weighted by Crippen LogP contribution is -2.47. The van der Waals surface area contributed by atoms with E-state index in [-0.39, 0.29) is 0 Å². The molecule has 0 spiro atoms. The molecule has 116 valence electrons. The Morgan fingerprint density at radius 1 is 1.20 bits per heavy atom. The van der Waals surface area contributed by atoms with Gasteiger partial charge in [0.15, 0.2) is 0 Å². The maximum Gasteiger partial charge on any atom is 0.0547 e. The summed E-state index contributed by atoms with van der Waals surface area (Å²) in [7, 11) is 0. The van der Waals surface area contributed by atoms with Crippen LogP contribution in [0.4, 0.5) is 0 Å². The number of ether oxygens (including phenoxy) is 1. The van der Waals surface area contributed by atoms with E-state index in [1.54, 1.807) is 0 Å². The van der Waals surface area contributed by atoms with E-state index in [0.717, 1.165) is 38.3 Å². The minimum atomic E-state index is 0.386. The second kappa shape index (κ2) is 6.76. The third-order valence-corrected chi connectivity index (χ3v) is 5.83. The van der Waals surface area contributed by atoms with Crippen LogP contribution in [0.2, 0.25) is 0 Å². The van der Waals surface area contributed by atoms with Gasteiger partial charge in [0.05, 0.1) is 6.61 Å². The van der Waals surface area contributed by atoms with Gasteiger partial charge in [0, 0.05) is 31.2 Å². The van der Waals surface area contributed by atoms with Crippen LogP contribution in [0, 0.1) is 11.3 Å². The first-order valence-electron chi connectivity index (χ1n) is 8.85. The van der Waals surface area contributed by atoms with Crippen molar-refractivity contribution >= 4 is 0 Å². The molecule has 2 atom stereocenters. The van der Waals surface area contributed by atoms with Crippen molar-refractivity contribution in [1.82, 2.24) is 10.2 Å². The van der Waals surface area contributed by atoms with Crippen molar-refractivity contribution in [2.45, 2.75) is 57.9 Å². The summed E-state index contributed by atoms with van der Waals surface area (Å²) in [6.45, 7) is 8.95. The van der Waals surface area contributed by atoms with Gasteiger partial charge in [-0.1, -0.05) is 19.8 Å². The van der Waals surface area contributed by atoms with Crippen molar-refractivity contribution in [2.24, 2.45) is 11.3 Å². The van der Waals surface area contributed by atoms with Crippen LogP contribution in [0.15, 0.2) is 0 Å². The molecular formula is C17H32N2O. The van der Waals surface area contributed by atoms with Gasteiger partial charge in [-0.25, -0.2) is 0 Å². The van der Waals surface area contributed by atoms with Crippen molar-refractivity contribution in [3.05, 3.63) is 0 Å². The topological polar surface area (TPSA) is 24.5 Å². The first kappa shape index (κ1) is 14.8. The predicted octanol–water partition coefficient (Wildman–Crippen LogP) is 2.66. The third kappa shape index (κ3) is 3.20. The maximum atomic E-state index is 5.76. The zero-order valence-corrected chi connectivity index (χ0v) is 13.2. The number of hydrogen-bond acceptors (Lipinski definition) is 3. The van der Waals surface area contributed by atoms with E-state index in [1.165, 1.54) is 58.0 Å². The summed E-state index contributed by atoms with van der Waals surface area (Å²) in [5.41, 5.74) is 0.386. The Kier molecular flexibility index (Phi) is 5.00. The molecule has 0 amide bonds. The average molecular weight is 280 g/mol. The lowest BCUT2D eigenvalue weighted by Gasteiger charge is -2.37. The number of nitrogens with one attached hydrogen (secondary N) is 1. The fourth-order valence-electron chi connectivity index (χ4n) is 4.71. The smallest absolute Gasteiger partial charge is 0.0547 e. The molecule has 2 heterocycles. The highest BCUT2D eigenvalue weighted by molar-refractivity contribution is 4.94. The molecule has 0 aromatic rings. The molecule has 2 aliphatic heterocycles. The summed E-state index contributed by atoms with van der Waals surface area (Å²) in [5.74, 6) is 0.996. The quantitative estimate of drug-likeness (QED) is 0.809. The molecular weight excluding hydrogens is 248 g/mol. The summed E-state index contributed by atoms with van der Waals surface area (Å²) >= 11 is 0. The molecule has 0 bridgehead atoms. The van der Waals surface area contributed by atoms with E-state index in [9.17, 15) is 0 Å². The van der Waals surface area contributed by atoms with Gasteiger partial charge >= 0.3 is 0 Å². The Bertz CT molecular complexity index is 295. The van der Waals surface area contributed by atoms with Gasteiger partial charge in [-0.15, -0.1) is 0 Å². The number of likely N-dealkylation sites (tertiary alicyclic amines) is 1. The highest BCUT2D eigenvalue weighted by Crippen LogP contribution is 2.38. The monoisotopic (exact) mass is 280 g/mol. The van der Waals surface area contributed by atoms with Gasteiger partial charge in [0.2, 0.25) is 0 Å². The van der Waals surface area contributed by atoms with Gasteiger partial charge in [0.1, 0.15) is 0 Å². The summed E-state index contributed by atoms with van der Waals surface area (Å²) < 4.78 is 5.76. The Hall–Kier alpha value is -0.120. The van der Waals surface area contributed by atoms with E-state index >= 15 is 0 Å². The largest absolute Gasteiger partial charge is 0.381 e. The summed E-state index contributed by atoms with van der Waals surface area (Å²) in [6.07, 6.45) is 10.0. The molecule has 3 rings (SSSR count). The average Bonchev–Trinajstić information content (AvgIpc) is 3.18. The second-order valence-corrected chi connectivity index (χ2v) is 7.31. The van der Waals surface area contributed by atoms with Gasteiger partial charge in [-0.05, 0) is 51.1 Å². The van der Waals surface area contributed by atoms with Gasteiger partial charge < -0.3 is 10.1 Å².